The molecule has 1 saturated carbocycles. The van der Waals surface area contributed by atoms with E-state index >= 15 is 0 Å². The van der Waals surface area contributed by atoms with Crippen LogP contribution >= 0.6 is 0 Å². The van der Waals surface area contributed by atoms with E-state index in [4.69, 9.17) is 0 Å². The molecule has 6 heteroatoms. The fraction of sp³-hybridized carbons (Fsp3) is 1.00. The Morgan fingerprint density at radius 1 is 1.40 bits per heavy atom. The molecule has 2 unspecified atom stereocenters. The van der Waals surface area contributed by atoms with E-state index in [-0.39, 0.29) is 12.0 Å². The van der Waals surface area contributed by atoms with Crippen molar-refractivity contribution in [2.75, 3.05) is 20.6 Å². The van der Waals surface area contributed by atoms with Crippen molar-refractivity contribution < 1.29 is 13.5 Å². The van der Waals surface area contributed by atoms with Gasteiger partial charge in [-0.25, -0.2) is 4.72 Å². The minimum absolute atomic E-state index is 0.257. The van der Waals surface area contributed by atoms with Crippen molar-refractivity contribution in [2.24, 2.45) is 5.92 Å². The summed E-state index contributed by atoms with van der Waals surface area (Å²) in [4.78, 5) is 0. The molecule has 2 atom stereocenters. The summed E-state index contributed by atoms with van der Waals surface area (Å²) in [6, 6.07) is 0. The Hall–Kier alpha value is -0.170. The number of hydrogen-bond acceptors (Lipinski definition) is 3. The van der Waals surface area contributed by atoms with Crippen LogP contribution < -0.4 is 4.72 Å². The van der Waals surface area contributed by atoms with Crippen LogP contribution in [0.2, 0.25) is 0 Å². The summed E-state index contributed by atoms with van der Waals surface area (Å²) in [5.74, 6) is 0.267. The summed E-state index contributed by atoms with van der Waals surface area (Å²) in [7, 11) is -0.317. The Morgan fingerprint density at radius 2 is 2.07 bits per heavy atom. The van der Waals surface area contributed by atoms with E-state index in [0.717, 1.165) is 23.6 Å². The molecular weight excluding hydrogens is 216 g/mol. The molecule has 90 valence electrons. The molecule has 0 radical (unpaired) electrons. The van der Waals surface area contributed by atoms with E-state index in [1.807, 2.05) is 0 Å². The van der Waals surface area contributed by atoms with Gasteiger partial charge in [-0.05, 0) is 25.2 Å². The van der Waals surface area contributed by atoms with E-state index in [1.54, 1.807) is 0 Å². The van der Waals surface area contributed by atoms with Gasteiger partial charge in [-0.15, -0.1) is 0 Å². The number of hydrogen-bond donors (Lipinski definition) is 2. The van der Waals surface area contributed by atoms with Crippen molar-refractivity contribution in [1.82, 2.24) is 9.03 Å². The van der Waals surface area contributed by atoms with Crippen molar-refractivity contribution >= 4 is 10.2 Å². The van der Waals surface area contributed by atoms with Gasteiger partial charge in [0.15, 0.2) is 0 Å². The molecule has 2 N–H and O–H groups in total. The monoisotopic (exact) mass is 236 g/mol. The van der Waals surface area contributed by atoms with E-state index < -0.39 is 10.2 Å². The maximum absolute atomic E-state index is 11.4. The van der Waals surface area contributed by atoms with Crippen LogP contribution in [0.5, 0.6) is 0 Å². The van der Waals surface area contributed by atoms with Gasteiger partial charge in [-0.1, -0.05) is 6.42 Å². The number of nitrogens with one attached hydrogen (secondary N) is 1. The molecule has 0 spiro atoms. The first-order chi connectivity index (χ1) is 6.92. The van der Waals surface area contributed by atoms with Crippen LogP contribution in [-0.4, -0.2) is 44.6 Å². The highest BCUT2D eigenvalue weighted by atomic mass is 32.2. The van der Waals surface area contributed by atoms with Crippen LogP contribution in [-0.2, 0) is 10.2 Å². The first kappa shape index (κ1) is 12.9. The molecule has 0 bridgehead atoms. The summed E-state index contributed by atoms with van der Waals surface area (Å²) in [5, 5.41) is 9.43. The van der Waals surface area contributed by atoms with E-state index in [2.05, 4.69) is 4.72 Å². The van der Waals surface area contributed by atoms with Gasteiger partial charge in [-0.2, -0.15) is 12.7 Å². The van der Waals surface area contributed by atoms with Crippen LogP contribution in [0.3, 0.4) is 0 Å². The van der Waals surface area contributed by atoms with Crippen molar-refractivity contribution in [3.05, 3.63) is 0 Å². The molecule has 1 aliphatic carbocycles. The Labute approximate surface area is 91.7 Å². The Balaban J connectivity index is 2.37. The largest absolute Gasteiger partial charge is 0.393 e. The quantitative estimate of drug-likeness (QED) is 0.718. The molecule has 15 heavy (non-hydrogen) atoms. The highest BCUT2D eigenvalue weighted by molar-refractivity contribution is 7.87. The van der Waals surface area contributed by atoms with Gasteiger partial charge in [0.25, 0.3) is 10.2 Å². The lowest BCUT2D eigenvalue weighted by molar-refractivity contribution is 0.102. The number of rotatable bonds is 4. The normalized spacial score (nSPS) is 28.3. The zero-order valence-corrected chi connectivity index (χ0v) is 10.1. The molecule has 0 amide bonds. The topological polar surface area (TPSA) is 69.6 Å². The Kier molecular flexibility index (Phi) is 4.51. The van der Waals surface area contributed by atoms with Gasteiger partial charge >= 0.3 is 0 Å². The third kappa shape index (κ3) is 4.06. The summed E-state index contributed by atoms with van der Waals surface area (Å²) in [6.45, 7) is 0.428. The smallest absolute Gasteiger partial charge is 0.278 e. The fourth-order valence-corrected chi connectivity index (χ4v) is 2.50. The molecule has 0 heterocycles. The Bertz CT molecular complexity index is 290. The van der Waals surface area contributed by atoms with E-state index in [0.29, 0.717) is 13.0 Å². The summed E-state index contributed by atoms with van der Waals surface area (Å²) >= 11 is 0. The summed E-state index contributed by atoms with van der Waals surface area (Å²) in [5.41, 5.74) is 0. The highest BCUT2D eigenvalue weighted by Crippen LogP contribution is 2.23. The van der Waals surface area contributed by atoms with Gasteiger partial charge in [0, 0.05) is 20.6 Å². The van der Waals surface area contributed by atoms with Crippen molar-refractivity contribution in [3.63, 3.8) is 0 Å². The van der Waals surface area contributed by atoms with Gasteiger partial charge in [0.2, 0.25) is 0 Å². The van der Waals surface area contributed by atoms with Gasteiger partial charge in [0.1, 0.15) is 0 Å². The number of nitrogens with zero attached hydrogens (tertiary/aromatic N) is 1. The molecule has 1 rings (SSSR count). The molecule has 5 nitrogen and oxygen atoms in total. The van der Waals surface area contributed by atoms with E-state index in [9.17, 15) is 13.5 Å². The highest BCUT2D eigenvalue weighted by Gasteiger charge is 2.22. The number of aliphatic hydroxyl groups is 1. The molecule has 1 aliphatic rings. The van der Waals surface area contributed by atoms with Crippen molar-refractivity contribution in [3.8, 4) is 0 Å². The molecule has 0 saturated heterocycles. The number of aliphatic hydroxyl groups excluding tert-OH is 1. The Morgan fingerprint density at radius 3 is 2.60 bits per heavy atom. The van der Waals surface area contributed by atoms with Crippen LogP contribution in [0.4, 0.5) is 0 Å². The van der Waals surface area contributed by atoms with E-state index in [1.165, 1.54) is 14.1 Å². The summed E-state index contributed by atoms with van der Waals surface area (Å²) in [6.07, 6.45) is 3.27. The second-order valence-electron chi connectivity index (χ2n) is 4.32. The third-order valence-electron chi connectivity index (χ3n) is 2.79. The third-order valence-corrected chi connectivity index (χ3v) is 4.28. The first-order valence-corrected chi connectivity index (χ1v) is 6.71. The predicted octanol–water partition coefficient (Wildman–Crippen LogP) is -0.0665. The zero-order valence-electron chi connectivity index (χ0n) is 9.31. The lowest BCUT2D eigenvalue weighted by atomic mass is 9.87. The summed E-state index contributed by atoms with van der Waals surface area (Å²) < 4.78 is 26.5. The molecule has 0 aromatic heterocycles. The standard InChI is InChI=1S/C9H20N2O3S/c1-11(2)15(13,14)10-7-8-4-3-5-9(12)6-8/h8-10,12H,3-7H2,1-2H3. The minimum atomic E-state index is -3.31. The lowest BCUT2D eigenvalue weighted by Gasteiger charge is -2.26. The van der Waals surface area contributed by atoms with Gasteiger partial charge < -0.3 is 5.11 Å². The molecule has 0 aliphatic heterocycles. The second kappa shape index (κ2) is 5.25. The average Bonchev–Trinajstić information content (AvgIpc) is 2.15. The van der Waals surface area contributed by atoms with Crippen molar-refractivity contribution in [1.29, 1.82) is 0 Å². The second-order valence-corrected chi connectivity index (χ2v) is 6.29. The van der Waals surface area contributed by atoms with Crippen LogP contribution in [0, 0.1) is 5.92 Å². The molecular formula is C9H20N2O3S. The maximum Gasteiger partial charge on any atom is 0.278 e. The minimum Gasteiger partial charge on any atom is -0.393 e. The van der Waals surface area contributed by atoms with Crippen LogP contribution in [0.15, 0.2) is 0 Å². The molecule has 1 fully saturated rings. The van der Waals surface area contributed by atoms with Crippen LogP contribution in [0.1, 0.15) is 25.7 Å². The SMILES string of the molecule is CN(C)S(=O)(=O)NCC1CCCC(O)C1. The van der Waals surface area contributed by atoms with Gasteiger partial charge in [0.05, 0.1) is 6.10 Å². The van der Waals surface area contributed by atoms with Crippen LogP contribution in [0.25, 0.3) is 0 Å². The van der Waals surface area contributed by atoms with Gasteiger partial charge in [-0.3, -0.25) is 0 Å². The predicted molar refractivity (Wildman–Crippen MR) is 58.6 cm³/mol. The zero-order chi connectivity index (χ0) is 11.5. The maximum atomic E-state index is 11.4. The average molecular weight is 236 g/mol. The fourth-order valence-electron chi connectivity index (χ4n) is 1.80. The first-order valence-electron chi connectivity index (χ1n) is 5.27. The lowest BCUT2D eigenvalue weighted by Crippen LogP contribution is -2.39. The van der Waals surface area contributed by atoms with Crippen molar-refractivity contribution in [2.45, 2.75) is 31.8 Å². The molecule has 0 aromatic carbocycles. The molecule has 0 aromatic rings.